The molecule has 1 aromatic rings. The molecule has 1 unspecified atom stereocenters. The fourth-order valence-electron chi connectivity index (χ4n) is 1.86. The average Bonchev–Trinajstić information content (AvgIpc) is 2.39. The van der Waals surface area contributed by atoms with Gasteiger partial charge in [0.15, 0.2) is 0 Å². The van der Waals surface area contributed by atoms with Gasteiger partial charge in [-0.2, -0.15) is 0 Å². The number of hydrogen-bond donors (Lipinski definition) is 3. The number of nitrogens with one attached hydrogen (secondary N) is 1. The van der Waals surface area contributed by atoms with Crippen LogP contribution >= 0.6 is 0 Å². The maximum atomic E-state index is 12.1. The number of phenols is 1. The zero-order chi connectivity index (χ0) is 15.3. The Labute approximate surface area is 117 Å². The summed E-state index contributed by atoms with van der Waals surface area (Å²) in [6.07, 6.45) is 0.895. The summed E-state index contributed by atoms with van der Waals surface area (Å²) in [5, 5.41) is 21.4. The summed E-state index contributed by atoms with van der Waals surface area (Å²) in [5.41, 5.74) is -1.39. The third kappa shape index (κ3) is 3.40. The lowest BCUT2D eigenvalue weighted by molar-refractivity contribution is -0.144. The van der Waals surface area contributed by atoms with Gasteiger partial charge < -0.3 is 20.3 Å². The van der Waals surface area contributed by atoms with E-state index in [4.69, 9.17) is 4.74 Å². The third-order valence-corrected chi connectivity index (χ3v) is 3.06. The fraction of sp³-hybridized carbons (Fsp3) is 0.429. The number of aliphatic carboxylic acids is 1. The van der Waals surface area contributed by atoms with Crippen LogP contribution in [0.2, 0.25) is 0 Å². The van der Waals surface area contributed by atoms with E-state index in [1.807, 2.05) is 6.92 Å². The summed E-state index contributed by atoms with van der Waals surface area (Å²) in [6.45, 7) is 3.27. The Hall–Kier alpha value is -2.24. The van der Waals surface area contributed by atoms with Gasteiger partial charge in [0.05, 0.1) is 12.7 Å². The van der Waals surface area contributed by atoms with Crippen molar-refractivity contribution in [1.82, 2.24) is 5.32 Å². The van der Waals surface area contributed by atoms with Gasteiger partial charge in [-0.05, 0) is 31.5 Å². The van der Waals surface area contributed by atoms with Crippen LogP contribution in [0.3, 0.4) is 0 Å². The van der Waals surface area contributed by atoms with Crippen molar-refractivity contribution in [2.75, 3.05) is 7.11 Å². The molecule has 20 heavy (non-hydrogen) atoms. The summed E-state index contributed by atoms with van der Waals surface area (Å²) in [7, 11) is 1.44. The van der Waals surface area contributed by atoms with E-state index in [1.54, 1.807) is 0 Å². The number of carbonyl (C=O) groups is 2. The number of aromatic hydroxyl groups is 1. The summed E-state index contributed by atoms with van der Waals surface area (Å²) < 4.78 is 4.98. The molecule has 1 amide bonds. The highest BCUT2D eigenvalue weighted by atomic mass is 16.5. The van der Waals surface area contributed by atoms with Crippen LogP contribution < -0.4 is 10.1 Å². The molecular formula is C14H19NO5. The smallest absolute Gasteiger partial charge is 0.329 e. The van der Waals surface area contributed by atoms with Gasteiger partial charge in [0.25, 0.3) is 5.91 Å². The topological polar surface area (TPSA) is 95.9 Å². The number of carbonyl (C=O) groups excluding carboxylic acids is 1. The van der Waals surface area contributed by atoms with E-state index in [1.165, 1.54) is 32.2 Å². The minimum atomic E-state index is -1.37. The molecule has 110 valence electrons. The first-order chi connectivity index (χ1) is 9.34. The number of amides is 1. The molecule has 0 bridgehead atoms. The van der Waals surface area contributed by atoms with Crippen LogP contribution in [0.15, 0.2) is 18.2 Å². The van der Waals surface area contributed by atoms with Crippen molar-refractivity contribution in [3.63, 3.8) is 0 Å². The molecule has 0 aliphatic rings. The molecule has 0 spiro atoms. The lowest BCUT2D eigenvalue weighted by Gasteiger charge is -2.26. The third-order valence-electron chi connectivity index (χ3n) is 3.06. The van der Waals surface area contributed by atoms with E-state index >= 15 is 0 Å². The minimum Gasteiger partial charge on any atom is -0.507 e. The first-order valence-electron chi connectivity index (χ1n) is 6.27. The van der Waals surface area contributed by atoms with Crippen LogP contribution in [-0.4, -0.2) is 34.7 Å². The minimum absolute atomic E-state index is 0.0204. The van der Waals surface area contributed by atoms with Crippen LogP contribution in [0.4, 0.5) is 0 Å². The number of carboxylic acids is 1. The molecule has 0 aromatic heterocycles. The fourth-order valence-corrected chi connectivity index (χ4v) is 1.86. The molecular weight excluding hydrogens is 262 g/mol. The van der Waals surface area contributed by atoms with Gasteiger partial charge in [0, 0.05) is 0 Å². The van der Waals surface area contributed by atoms with Crippen LogP contribution in [0.5, 0.6) is 11.5 Å². The molecule has 0 radical (unpaired) electrons. The Morgan fingerprint density at radius 1 is 1.40 bits per heavy atom. The Balaban J connectivity index is 3.03. The quantitative estimate of drug-likeness (QED) is 0.738. The van der Waals surface area contributed by atoms with Crippen LogP contribution in [0, 0.1) is 0 Å². The van der Waals surface area contributed by atoms with E-state index in [0.717, 1.165) is 0 Å². The van der Waals surface area contributed by atoms with Crippen molar-refractivity contribution in [1.29, 1.82) is 0 Å². The summed E-state index contributed by atoms with van der Waals surface area (Å²) in [6, 6.07) is 4.19. The molecule has 0 saturated heterocycles. The second kappa shape index (κ2) is 6.27. The number of benzene rings is 1. The van der Waals surface area contributed by atoms with E-state index in [9.17, 15) is 19.8 Å². The zero-order valence-corrected chi connectivity index (χ0v) is 11.8. The highest BCUT2D eigenvalue weighted by Gasteiger charge is 2.34. The largest absolute Gasteiger partial charge is 0.507 e. The second-order valence-electron chi connectivity index (χ2n) is 4.72. The average molecular weight is 281 g/mol. The number of hydrogen-bond acceptors (Lipinski definition) is 4. The van der Waals surface area contributed by atoms with E-state index in [-0.39, 0.29) is 11.3 Å². The van der Waals surface area contributed by atoms with Gasteiger partial charge in [-0.1, -0.05) is 13.3 Å². The number of rotatable bonds is 6. The number of phenolic OH excluding ortho intramolecular Hbond substituents is 1. The van der Waals surface area contributed by atoms with Gasteiger partial charge in [-0.15, -0.1) is 0 Å². The molecule has 1 rings (SSSR count). The van der Waals surface area contributed by atoms with Crippen LogP contribution in [-0.2, 0) is 4.79 Å². The van der Waals surface area contributed by atoms with Crippen LogP contribution in [0.25, 0.3) is 0 Å². The molecule has 0 heterocycles. The lowest BCUT2D eigenvalue weighted by atomic mass is 9.95. The van der Waals surface area contributed by atoms with Crippen LogP contribution in [0.1, 0.15) is 37.0 Å². The van der Waals surface area contributed by atoms with Gasteiger partial charge in [-0.3, -0.25) is 4.79 Å². The highest BCUT2D eigenvalue weighted by Crippen LogP contribution is 2.24. The standard InChI is InChI=1S/C14H19NO5/c1-4-7-14(2,13(18)19)15-12(17)10-8-9(20-3)5-6-11(10)16/h5-6,8,16H,4,7H2,1-3H3,(H,15,17)(H,18,19). The number of ether oxygens (including phenoxy) is 1. The molecule has 0 fully saturated rings. The van der Waals surface area contributed by atoms with Crippen molar-refractivity contribution in [3.05, 3.63) is 23.8 Å². The SMILES string of the molecule is CCCC(C)(NC(=O)c1cc(OC)ccc1O)C(=O)O. The maximum Gasteiger partial charge on any atom is 0.329 e. The van der Waals surface area contributed by atoms with Crippen molar-refractivity contribution in [2.45, 2.75) is 32.2 Å². The molecule has 0 aliphatic carbocycles. The normalized spacial score (nSPS) is 13.3. The van der Waals surface area contributed by atoms with Crippen molar-refractivity contribution in [3.8, 4) is 11.5 Å². The van der Waals surface area contributed by atoms with Gasteiger partial charge in [0.2, 0.25) is 0 Å². The number of carboxylic acid groups (broad SMARTS) is 1. The summed E-state index contributed by atoms with van der Waals surface area (Å²) in [5.74, 6) is -1.59. The Morgan fingerprint density at radius 2 is 2.05 bits per heavy atom. The molecule has 1 atom stereocenters. The second-order valence-corrected chi connectivity index (χ2v) is 4.72. The highest BCUT2D eigenvalue weighted by molar-refractivity contribution is 6.00. The first-order valence-corrected chi connectivity index (χ1v) is 6.27. The first kappa shape index (κ1) is 15.8. The monoisotopic (exact) mass is 281 g/mol. The molecule has 0 saturated carbocycles. The van der Waals surface area contributed by atoms with Gasteiger partial charge in [0.1, 0.15) is 17.0 Å². The Bertz CT molecular complexity index is 514. The molecule has 3 N–H and O–H groups in total. The maximum absolute atomic E-state index is 12.1. The summed E-state index contributed by atoms with van der Waals surface area (Å²) in [4.78, 5) is 23.4. The lowest BCUT2D eigenvalue weighted by Crippen LogP contribution is -2.52. The molecule has 1 aromatic carbocycles. The molecule has 0 aliphatic heterocycles. The molecule has 6 nitrogen and oxygen atoms in total. The number of methoxy groups -OCH3 is 1. The molecule has 6 heteroatoms. The Morgan fingerprint density at radius 3 is 2.55 bits per heavy atom. The summed E-state index contributed by atoms with van der Waals surface area (Å²) >= 11 is 0. The van der Waals surface area contributed by atoms with E-state index < -0.39 is 17.4 Å². The Kier molecular flexibility index (Phi) is 4.96. The zero-order valence-electron chi connectivity index (χ0n) is 11.8. The van der Waals surface area contributed by atoms with E-state index in [0.29, 0.717) is 18.6 Å². The van der Waals surface area contributed by atoms with Crippen molar-refractivity contribution < 1.29 is 24.5 Å². The van der Waals surface area contributed by atoms with Crippen molar-refractivity contribution in [2.24, 2.45) is 0 Å². The predicted molar refractivity (Wildman–Crippen MR) is 73.1 cm³/mol. The van der Waals surface area contributed by atoms with E-state index in [2.05, 4.69) is 5.32 Å². The predicted octanol–water partition coefficient (Wildman–Crippen LogP) is 1.77. The van der Waals surface area contributed by atoms with Gasteiger partial charge in [-0.25, -0.2) is 4.79 Å². The van der Waals surface area contributed by atoms with Crippen molar-refractivity contribution >= 4 is 11.9 Å². The van der Waals surface area contributed by atoms with Gasteiger partial charge >= 0.3 is 5.97 Å².